The van der Waals surface area contributed by atoms with Crippen molar-refractivity contribution in [2.45, 2.75) is 25.7 Å². The first-order chi connectivity index (χ1) is 14.6. The Morgan fingerprint density at radius 2 is 1.71 bits per heavy atom. The smallest absolute Gasteiger partial charge is 0.321 e. The van der Waals surface area contributed by atoms with E-state index in [9.17, 15) is 18.0 Å². The third-order valence-corrected chi connectivity index (χ3v) is 8.91. The minimum atomic E-state index is -3.37. The molecule has 31 heavy (non-hydrogen) atoms. The average Bonchev–Trinajstić information content (AvgIpc) is 3.26. The first kappa shape index (κ1) is 22.1. The molecule has 0 radical (unpaired) electrons. The van der Waals surface area contributed by atoms with Crippen molar-refractivity contribution in [2.24, 2.45) is 16.7 Å². The van der Waals surface area contributed by atoms with Gasteiger partial charge in [0.15, 0.2) is 0 Å². The monoisotopic (exact) mass is 448 g/mol. The lowest BCUT2D eigenvalue weighted by molar-refractivity contribution is -0.141. The molecule has 3 amide bonds. The van der Waals surface area contributed by atoms with Gasteiger partial charge >= 0.3 is 6.03 Å². The molecule has 0 aromatic heterocycles. The Labute approximate surface area is 184 Å². The first-order valence-corrected chi connectivity index (χ1v) is 12.7. The molecule has 1 aromatic rings. The Kier molecular flexibility index (Phi) is 5.54. The standard InChI is InChI=1S/C22H32N4O4S/c1-24(2)19(27)22-10-9-21(18(22)15-26(16-22)31(3,29)30)11-13-25(14-12-21)20(28)23-17-7-5-4-6-8-17/h4-8,18H,9-16H2,1-3H3,(H,23,28)/t18-,22+/m1/s1. The number of nitrogens with zero attached hydrogens (tertiary/aromatic N) is 3. The van der Waals surface area contributed by atoms with Gasteiger partial charge in [0.1, 0.15) is 0 Å². The molecule has 1 N–H and O–H groups in total. The van der Waals surface area contributed by atoms with Gasteiger partial charge in [-0.15, -0.1) is 0 Å². The van der Waals surface area contributed by atoms with Gasteiger partial charge in [0.2, 0.25) is 15.9 Å². The maximum Gasteiger partial charge on any atom is 0.321 e. The Balaban J connectivity index is 1.51. The van der Waals surface area contributed by atoms with Gasteiger partial charge in [-0.2, -0.15) is 0 Å². The number of amides is 3. The summed E-state index contributed by atoms with van der Waals surface area (Å²) in [5.41, 5.74) is 0.0132. The summed E-state index contributed by atoms with van der Waals surface area (Å²) in [6.45, 7) is 1.89. The fourth-order valence-corrected chi connectivity index (χ4v) is 6.93. The van der Waals surface area contributed by atoms with Gasteiger partial charge in [0, 0.05) is 46.0 Å². The van der Waals surface area contributed by atoms with Crippen LogP contribution >= 0.6 is 0 Å². The van der Waals surface area contributed by atoms with Crippen LogP contribution in [0, 0.1) is 16.7 Å². The number of benzene rings is 1. The fraction of sp³-hybridized carbons (Fsp3) is 0.636. The Morgan fingerprint density at radius 1 is 1.06 bits per heavy atom. The third kappa shape index (κ3) is 3.82. The second kappa shape index (κ2) is 7.78. The zero-order valence-corrected chi connectivity index (χ0v) is 19.3. The number of sulfonamides is 1. The van der Waals surface area contributed by atoms with Crippen LogP contribution in [-0.2, 0) is 14.8 Å². The van der Waals surface area contributed by atoms with E-state index in [-0.39, 0.29) is 29.8 Å². The predicted octanol–water partition coefficient (Wildman–Crippen LogP) is 2.06. The number of piperidine rings is 1. The van der Waals surface area contributed by atoms with E-state index in [1.807, 2.05) is 35.2 Å². The number of nitrogens with one attached hydrogen (secondary N) is 1. The Morgan fingerprint density at radius 3 is 2.29 bits per heavy atom. The number of para-hydroxylation sites is 1. The molecule has 0 unspecified atom stereocenters. The molecule has 2 heterocycles. The van der Waals surface area contributed by atoms with Crippen molar-refractivity contribution < 1.29 is 18.0 Å². The molecule has 1 spiro atoms. The lowest BCUT2D eigenvalue weighted by Gasteiger charge is -2.44. The highest BCUT2D eigenvalue weighted by molar-refractivity contribution is 7.88. The summed E-state index contributed by atoms with van der Waals surface area (Å²) in [6, 6.07) is 9.28. The molecule has 2 saturated heterocycles. The van der Waals surface area contributed by atoms with Gasteiger partial charge in [-0.25, -0.2) is 17.5 Å². The van der Waals surface area contributed by atoms with Crippen LogP contribution < -0.4 is 5.32 Å². The molecule has 4 rings (SSSR count). The minimum absolute atomic E-state index is 0.0102. The van der Waals surface area contributed by atoms with Gasteiger partial charge < -0.3 is 15.1 Å². The molecule has 1 aromatic carbocycles. The molecule has 1 saturated carbocycles. The summed E-state index contributed by atoms with van der Waals surface area (Å²) < 4.78 is 26.1. The van der Waals surface area contributed by atoms with Crippen molar-refractivity contribution in [3.8, 4) is 0 Å². The van der Waals surface area contributed by atoms with Crippen LogP contribution in [0.2, 0.25) is 0 Å². The van der Waals surface area contributed by atoms with E-state index in [1.54, 1.807) is 19.0 Å². The molecule has 2 atom stereocenters. The number of fused-ring (bicyclic) bond motifs is 2. The number of anilines is 1. The largest absolute Gasteiger partial charge is 0.348 e. The van der Waals surface area contributed by atoms with Gasteiger partial charge in [-0.1, -0.05) is 18.2 Å². The molecule has 3 fully saturated rings. The Hall–Kier alpha value is -2.13. The Bertz CT molecular complexity index is 957. The van der Waals surface area contributed by atoms with E-state index in [1.165, 1.54) is 10.6 Å². The molecule has 9 heteroatoms. The summed E-state index contributed by atoms with van der Waals surface area (Å²) in [5.74, 6) is 0.0220. The van der Waals surface area contributed by atoms with Crippen molar-refractivity contribution >= 4 is 27.6 Å². The van der Waals surface area contributed by atoms with Crippen molar-refractivity contribution in [3.63, 3.8) is 0 Å². The SMILES string of the molecule is CN(C)C(=O)[C@]12CCC3(CCN(C(=O)Nc4ccccc4)CC3)[C@H]1CN(S(C)(=O)=O)C2. The van der Waals surface area contributed by atoms with Crippen LogP contribution in [0.5, 0.6) is 0 Å². The summed E-state index contributed by atoms with van der Waals surface area (Å²) in [5, 5.41) is 2.94. The van der Waals surface area contributed by atoms with E-state index in [2.05, 4.69) is 5.32 Å². The first-order valence-electron chi connectivity index (χ1n) is 10.9. The van der Waals surface area contributed by atoms with Crippen molar-refractivity contribution in [1.29, 1.82) is 0 Å². The average molecular weight is 449 g/mol. The number of carbonyl (C=O) groups excluding carboxylic acids is 2. The minimum Gasteiger partial charge on any atom is -0.348 e. The molecule has 0 bridgehead atoms. The maximum atomic E-state index is 13.3. The molecule has 8 nitrogen and oxygen atoms in total. The normalized spacial score (nSPS) is 27.8. The molecule has 2 aliphatic heterocycles. The highest BCUT2D eigenvalue weighted by atomic mass is 32.2. The highest BCUT2D eigenvalue weighted by Crippen LogP contribution is 2.62. The summed E-state index contributed by atoms with van der Waals surface area (Å²) in [6.07, 6.45) is 4.42. The highest BCUT2D eigenvalue weighted by Gasteiger charge is 2.65. The van der Waals surface area contributed by atoms with Crippen molar-refractivity contribution in [1.82, 2.24) is 14.1 Å². The van der Waals surface area contributed by atoms with Crippen molar-refractivity contribution in [3.05, 3.63) is 30.3 Å². The number of likely N-dealkylation sites (tertiary alicyclic amines) is 1. The predicted molar refractivity (Wildman–Crippen MR) is 119 cm³/mol. The number of hydrogen-bond donors (Lipinski definition) is 1. The quantitative estimate of drug-likeness (QED) is 0.766. The zero-order valence-electron chi connectivity index (χ0n) is 18.5. The summed E-state index contributed by atoms with van der Waals surface area (Å²) >= 11 is 0. The number of urea groups is 1. The lowest BCUT2D eigenvalue weighted by Crippen LogP contribution is -2.50. The van der Waals surface area contributed by atoms with E-state index in [0.717, 1.165) is 24.9 Å². The van der Waals surface area contributed by atoms with Crippen LogP contribution in [0.4, 0.5) is 10.5 Å². The van der Waals surface area contributed by atoms with Gasteiger partial charge in [-0.05, 0) is 49.1 Å². The summed E-state index contributed by atoms with van der Waals surface area (Å²) in [7, 11) is 0.130. The topological polar surface area (TPSA) is 90.0 Å². The molecule has 1 aliphatic carbocycles. The van der Waals surface area contributed by atoms with Crippen molar-refractivity contribution in [2.75, 3.05) is 51.8 Å². The van der Waals surface area contributed by atoms with Gasteiger partial charge in [0.25, 0.3) is 0 Å². The van der Waals surface area contributed by atoms with Crippen LogP contribution in [0.3, 0.4) is 0 Å². The summed E-state index contributed by atoms with van der Waals surface area (Å²) in [4.78, 5) is 29.4. The number of rotatable bonds is 3. The van der Waals surface area contributed by atoms with Gasteiger partial charge in [0.05, 0.1) is 11.7 Å². The van der Waals surface area contributed by atoms with Crippen LogP contribution in [0.1, 0.15) is 25.7 Å². The van der Waals surface area contributed by atoms with E-state index < -0.39 is 15.4 Å². The van der Waals surface area contributed by atoms with E-state index in [0.29, 0.717) is 26.1 Å². The zero-order chi connectivity index (χ0) is 22.4. The van der Waals surface area contributed by atoms with Crippen LogP contribution in [0.15, 0.2) is 30.3 Å². The third-order valence-electron chi connectivity index (χ3n) is 7.69. The number of carbonyl (C=O) groups is 2. The number of hydrogen-bond acceptors (Lipinski definition) is 4. The molecular formula is C22H32N4O4S. The van der Waals surface area contributed by atoms with Crippen LogP contribution in [-0.4, -0.2) is 81.0 Å². The lowest BCUT2D eigenvalue weighted by atomic mass is 9.65. The van der Waals surface area contributed by atoms with Crippen LogP contribution in [0.25, 0.3) is 0 Å². The van der Waals surface area contributed by atoms with Gasteiger partial charge in [-0.3, -0.25) is 4.79 Å². The van der Waals surface area contributed by atoms with E-state index in [4.69, 9.17) is 0 Å². The maximum absolute atomic E-state index is 13.3. The fourth-order valence-electron chi connectivity index (χ4n) is 6.05. The molecular weight excluding hydrogens is 416 g/mol. The second-order valence-electron chi connectivity index (χ2n) is 9.61. The van der Waals surface area contributed by atoms with E-state index >= 15 is 0 Å². The molecule has 3 aliphatic rings. The molecule has 170 valence electrons. The second-order valence-corrected chi connectivity index (χ2v) is 11.6.